The Bertz CT molecular complexity index is 771. The number of carbonyl (C=O) groups excluding carboxylic acids is 1. The minimum atomic E-state index is -3.05. The monoisotopic (exact) mass is 417 g/mol. The van der Waals surface area contributed by atoms with E-state index in [-0.39, 0.29) is 23.5 Å². The summed E-state index contributed by atoms with van der Waals surface area (Å²) >= 11 is 9.86. The lowest BCUT2D eigenvalue weighted by atomic mass is 10.2. The molecule has 2 saturated heterocycles. The Morgan fingerprint density at radius 1 is 1.32 bits per heavy atom. The van der Waals surface area contributed by atoms with Gasteiger partial charge in [-0.1, -0.05) is 52.0 Å². The second-order valence-corrected chi connectivity index (χ2v) is 9.98. The van der Waals surface area contributed by atoms with E-state index in [4.69, 9.17) is 12.2 Å². The SMILES string of the molecule is O=C1/C(=C\c2ccc(Br)cc2)SC(=S)N1[C@H]1CCS(=O)(=O)C1. The molecular formula is C14H12BrNO3S3. The molecule has 2 fully saturated rings. The fraction of sp³-hybridized carbons (Fsp3) is 0.286. The molecule has 8 heteroatoms. The van der Waals surface area contributed by atoms with Crippen molar-refractivity contribution < 1.29 is 13.2 Å². The van der Waals surface area contributed by atoms with Gasteiger partial charge >= 0.3 is 0 Å². The van der Waals surface area contributed by atoms with Crippen molar-refractivity contribution in [3.8, 4) is 0 Å². The summed E-state index contributed by atoms with van der Waals surface area (Å²) in [4.78, 5) is 14.5. The number of thiocarbonyl (C=S) groups is 1. The second-order valence-electron chi connectivity index (χ2n) is 5.16. The number of benzene rings is 1. The summed E-state index contributed by atoms with van der Waals surface area (Å²) in [5.41, 5.74) is 0.905. The van der Waals surface area contributed by atoms with Crippen molar-refractivity contribution in [2.75, 3.05) is 11.5 Å². The van der Waals surface area contributed by atoms with Crippen molar-refractivity contribution in [1.82, 2.24) is 4.90 Å². The molecule has 0 aromatic heterocycles. The molecule has 2 heterocycles. The smallest absolute Gasteiger partial charge is 0.266 e. The highest BCUT2D eigenvalue weighted by atomic mass is 79.9. The van der Waals surface area contributed by atoms with Gasteiger partial charge in [-0.15, -0.1) is 0 Å². The fourth-order valence-corrected chi connectivity index (χ4v) is 5.85. The molecule has 4 nitrogen and oxygen atoms in total. The zero-order chi connectivity index (χ0) is 15.9. The van der Waals surface area contributed by atoms with Gasteiger partial charge in [0.15, 0.2) is 9.84 Å². The summed E-state index contributed by atoms with van der Waals surface area (Å²) in [5, 5.41) is 0. The predicted molar refractivity (Wildman–Crippen MR) is 96.2 cm³/mol. The van der Waals surface area contributed by atoms with Crippen molar-refractivity contribution in [1.29, 1.82) is 0 Å². The summed E-state index contributed by atoms with van der Waals surface area (Å²) in [7, 11) is -3.05. The molecule has 116 valence electrons. The van der Waals surface area contributed by atoms with Gasteiger partial charge in [-0.3, -0.25) is 9.69 Å². The quantitative estimate of drug-likeness (QED) is 0.546. The number of sulfone groups is 1. The van der Waals surface area contributed by atoms with E-state index in [1.807, 2.05) is 24.3 Å². The minimum absolute atomic E-state index is 0.00496. The van der Waals surface area contributed by atoms with Gasteiger partial charge in [-0.25, -0.2) is 8.42 Å². The summed E-state index contributed by atoms with van der Waals surface area (Å²) in [6.45, 7) is 0. The lowest BCUT2D eigenvalue weighted by Gasteiger charge is -2.20. The summed E-state index contributed by atoms with van der Waals surface area (Å²) < 4.78 is 24.6. The maximum Gasteiger partial charge on any atom is 0.266 e. The van der Waals surface area contributed by atoms with Gasteiger partial charge in [0.25, 0.3) is 5.91 Å². The van der Waals surface area contributed by atoms with E-state index in [0.717, 1.165) is 10.0 Å². The first kappa shape index (κ1) is 16.2. The largest absolute Gasteiger partial charge is 0.289 e. The normalized spacial score (nSPS) is 26.1. The maximum atomic E-state index is 12.5. The standard InChI is InChI=1S/C14H12BrNO3S3/c15-10-3-1-9(2-4-10)7-12-13(17)16(14(20)21-12)11-5-6-22(18,19)8-11/h1-4,7,11H,5-6,8H2/b12-7+/t11-/m0/s1. The van der Waals surface area contributed by atoms with Crippen molar-refractivity contribution in [2.45, 2.75) is 12.5 Å². The molecule has 2 aliphatic rings. The van der Waals surface area contributed by atoms with Crippen LogP contribution in [0, 0.1) is 0 Å². The predicted octanol–water partition coefficient (Wildman–Crippen LogP) is 2.84. The number of thioether (sulfide) groups is 1. The highest BCUT2D eigenvalue weighted by Gasteiger charge is 2.41. The van der Waals surface area contributed by atoms with Crippen molar-refractivity contribution in [3.63, 3.8) is 0 Å². The first-order valence-corrected chi connectivity index (χ1v) is 10.4. The van der Waals surface area contributed by atoms with Crippen molar-refractivity contribution >= 4 is 66.1 Å². The van der Waals surface area contributed by atoms with E-state index in [1.165, 1.54) is 16.7 Å². The van der Waals surface area contributed by atoms with Crippen LogP contribution < -0.4 is 0 Å². The van der Waals surface area contributed by atoms with Crippen LogP contribution in [0.5, 0.6) is 0 Å². The molecule has 22 heavy (non-hydrogen) atoms. The van der Waals surface area contributed by atoms with Gasteiger partial charge < -0.3 is 0 Å². The number of hydrogen-bond acceptors (Lipinski definition) is 5. The summed E-state index contributed by atoms with van der Waals surface area (Å²) in [6.07, 6.45) is 2.25. The van der Waals surface area contributed by atoms with Crippen LogP contribution >= 0.6 is 39.9 Å². The Morgan fingerprint density at radius 3 is 2.59 bits per heavy atom. The van der Waals surface area contributed by atoms with E-state index in [0.29, 0.717) is 15.6 Å². The number of nitrogens with zero attached hydrogens (tertiary/aromatic N) is 1. The molecule has 1 aromatic carbocycles. The highest BCUT2D eigenvalue weighted by molar-refractivity contribution is 9.10. The van der Waals surface area contributed by atoms with E-state index < -0.39 is 9.84 Å². The van der Waals surface area contributed by atoms with Crippen LogP contribution in [0.1, 0.15) is 12.0 Å². The Morgan fingerprint density at radius 2 is 2.00 bits per heavy atom. The molecule has 1 aromatic rings. The number of hydrogen-bond donors (Lipinski definition) is 0. The minimum Gasteiger partial charge on any atom is -0.289 e. The molecule has 3 rings (SSSR count). The van der Waals surface area contributed by atoms with Crippen LogP contribution in [0.2, 0.25) is 0 Å². The molecule has 1 amide bonds. The molecule has 0 saturated carbocycles. The molecule has 0 aliphatic carbocycles. The number of carbonyl (C=O) groups is 1. The van der Waals surface area contributed by atoms with Gasteiger partial charge in [0.1, 0.15) is 4.32 Å². The van der Waals surface area contributed by atoms with Gasteiger partial charge in [0, 0.05) is 4.47 Å². The molecule has 2 aliphatic heterocycles. The third-order valence-corrected chi connectivity index (χ3v) is 7.17. The first-order valence-electron chi connectivity index (χ1n) is 6.59. The summed E-state index contributed by atoms with van der Waals surface area (Å²) in [6, 6.07) is 7.27. The van der Waals surface area contributed by atoms with Crippen molar-refractivity contribution in [3.05, 3.63) is 39.2 Å². The molecule has 0 N–H and O–H groups in total. The average Bonchev–Trinajstić information content (AvgIpc) is 2.93. The number of halogens is 1. The molecule has 1 atom stereocenters. The van der Waals surface area contributed by atoms with Crippen LogP contribution in [0.25, 0.3) is 6.08 Å². The summed E-state index contributed by atoms with van der Waals surface area (Å²) in [5.74, 6) is -0.0640. The third kappa shape index (κ3) is 3.29. The average molecular weight is 418 g/mol. The Balaban J connectivity index is 1.84. The topological polar surface area (TPSA) is 54.5 Å². The molecular weight excluding hydrogens is 406 g/mol. The highest BCUT2D eigenvalue weighted by Crippen LogP contribution is 2.36. The van der Waals surface area contributed by atoms with Crippen LogP contribution in [0.3, 0.4) is 0 Å². The molecule has 0 spiro atoms. The molecule has 0 unspecified atom stereocenters. The number of rotatable bonds is 2. The van der Waals surface area contributed by atoms with Crippen LogP contribution in [0.15, 0.2) is 33.6 Å². The van der Waals surface area contributed by atoms with Crippen LogP contribution in [0.4, 0.5) is 0 Å². The first-order chi connectivity index (χ1) is 10.4. The fourth-order valence-electron chi connectivity index (χ4n) is 2.48. The van der Waals surface area contributed by atoms with Gasteiger partial charge in [-0.2, -0.15) is 0 Å². The zero-order valence-electron chi connectivity index (χ0n) is 11.4. The third-order valence-electron chi connectivity index (χ3n) is 3.56. The van der Waals surface area contributed by atoms with Crippen molar-refractivity contribution in [2.24, 2.45) is 0 Å². The Hall–Kier alpha value is -0.700. The second kappa shape index (κ2) is 6.07. The molecule has 0 bridgehead atoms. The van der Waals surface area contributed by atoms with E-state index in [1.54, 1.807) is 6.08 Å². The maximum absolute atomic E-state index is 12.5. The lowest BCUT2D eigenvalue weighted by Crippen LogP contribution is -2.39. The zero-order valence-corrected chi connectivity index (χ0v) is 15.4. The molecule has 0 radical (unpaired) electrons. The Kier molecular flexibility index (Phi) is 4.46. The van der Waals surface area contributed by atoms with Crippen LogP contribution in [-0.4, -0.2) is 41.1 Å². The van der Waals surface area contributed by atoms with Gasteiger partial charge in [-0.05, 0) is 30.2 Å². The number of amides is 1. The lowest BCUT2D eigenvalue weighted by molar-refractivity contribution is -0.123. The van der Waals surface area contributed by atoms with E-state index in [9.17, 15) is 13.2 Å². The van der Waals surface area contributed by atoms with Gasteiger partial charge in [0.05, 0.1) is 22.5 Å². The Labute approximate surface area is 147 Å². The van der Waals surface area contributed by atoms with Crippen LogP contribution in [-0.2, 0) is 14.6 Å². The van der Waals surface area contributed by atoms with E-state index in [2.05, 4.69) is 15.9 Å². The van der Waals surface area contributed by atoms with E-state index >= 15 is 0 Å². The van der Waals surface area contributed by atoms with Gasteiger partial charge in [0.2, 0.25) is 0 Å².